The van der Waals surface area contributed by atoms with Gasteiger partial charge in [0.25, 0.3) is 0 Å². The third-order valence-electron chi connectivity index (χ3n) is 3.08. The quantitative estimate of drug-likeness (QED) is 0.799. The maximum Gasteiger partial charge on any atom is 0.200 e. The van der Waals surface area contributed by atoms with Crippen LogP contribution in [0, 0.1) is 25.2 Å². The van der Waals surface area contributed by atoms with E-state index in [1.165, 1.54) is 0 Å². The van der Waals surface area contributed by atoms with Crippen molar-refractivity contribution < 1.29 is 9.53 Å². The summed E-state index contributed by atoms with van der Waals surface area (Å²) in [6.07, 6.45) is 0. The van der Waals surface area contributed by atoms with Crippen LogP contribution in [0.25, 0.3) is 0 Å². The first-order valence-corrected chi connectivity index (χ1v) is 6.82. The molecule has 2 aromatic carbocycles. The van der Waals surface area contributed by atoms with Crippen molar-refractivity contribution in [1.29, 1.82) is 5.26 Å². The van der Waals surface area contributed by atoms with E-state index in [0.717, 1.165) is 11.1 Å². The van der Waals surface area contributed by atoms with Crippen molar-refractivity contribution in [2.75, 3.05) is 6.61 Å². The summed E-state index contributed by atoms with van der Waals surface area (Å²) in [5.74, 6) is 0.505. The van der Waals surface area contributed by atoms with Crippen LogP contribution in [0.1, 0.15) is 27.0 Å². The molecule has 0 aromatic heterocycles. The van der Waals surface area contributed by atoms with E-state index < -0.39 is 0 Å². The van der Waals surface area contributed by atoms with Crippen molar-refractivity contribution >= 4 is 17.4 Å². The molecule has 21 heavy (non-hydrogen) atoms. The average molecular weight is 300 g/mol. The van der Waals surface area contributed by atoms with Gasteiger partial charge in [-0.2, -0.15) is 5.26 Å². The van der Waals surface area contributed by atoms with Crippen LogP contribution < -0.4 is 4.74 Å². The fourth-order valence-electron chi connectivity index (χ4n) is 2.13. The molecule has 0 fully saturated rings. The molecule has 0 unspecified atom stereocenters. The monoisotopic (exact) mass is 299 g/mol. The molecule has 0 saturated heterocycles. The molecule has 0 radical (unpaired) electrons. The van der Waals surface area contributed by atoms with Gasteiger partial charge in [0.05, 0.1) is 11.6 Å². The van der Waals surface area contributed by atoms with E-state index in [4.69, 9.17) is 21.6 Å². The summed E-state index contributed by atoms with van der Waals surface area (Å²) in [6, 6.07) is 12.3. The van der Waals surface area contributed by atoms with Crippen molar-refractivity contribution in [1.82, 2.24) is 0 Å². The number of rotatable bonds is 4. The number of carbonyl (C=O) groups is 1. The van der Waals surface area contributed by atoms with Gasteiger partial charge in [-0.3, -0.25) is 4.79 Å². The third-order valence-corrected chi connectivity index (χ3v) is 3.32. The fraction of sp³-hybridized carbons (Fsp3) is 0.176. The van der Waals surface area contributed by atoms with Crippen LogP contribution in [0.4, 0.5) is 0 Å². The standard InChI is InChI=1S/C17H14ClNO2/c1-11-6-13(9-19)7-12(2)17(11)21-10-16(20)14-4-3-5-15(18)8-14/h3-8H,10H2,1-2H3. The van der Waals surface area contributed by atoms with Gasteiger partial charge in [-0.05, 0) is 49.2 Å². The number of hydrogen-bond donors (Lipinski definition) is 0. The fourth-order valence-corrected chi connectivity index (χ4v) is 2.32. The van der Waals surface area contributed by atoms with E-state index in [1.807, 2.05) is 13.8 Å². The number of nitriles is 1. The van der Waals surface area contributed by atoms with Crippen LogP contribution in [0.3, 0.4) is 0 Å². The molecule has 0 aliphatic carbocycles. The molecule has 0 saturated carbocycles. The molecule has 0 aliphatic rings. The van der Waals surface area contributed by atoms with E-state index in [2.05, 4.69) is 6.07 Å². The second-order valence-corrected chi connectivity index (χ2v) is 5.21. The number of Topliss-reactive ketones (excluding diaryl/α,β-unsaturated/α-hetero) is 1. The summed E-state index contributed by atoms with van der Waals surface area (Å²) in [5.41, 5.74) is 2.78. The number of aryl methyl sites for hydroxylation is 2. The second-order valence-electron chi connectivity index (χ2n) is 4.77. The lowest BCUT2D eigenvalue weighted by Gasteiger charge is -2.12. The number of hydrogen-bond acceptors (Lipinski definition) is 3. The maximum absolute atomic E-state index is 12.1. The van der Waals surface area contributed by atoms with Crippen molar-refractivity contribution in [3.63, 3.8) is 0 Å². The highest BCUT2D eigenvalue weighted by Gasteiger charge is 2.11. The summed E-state index contributed by atoms with van der Waals surface area (Å²) >= 11 is 5.87. The Morgan fingerprint density at radius 3 is 2.48 bits per heavy atom. The second kappa shape index (κ2) is 6.43. The Morgan fingerprint density at radius 2 is 1.90 bits per heavy atom. The minimum Gasteiger partial charge on any atom is -0.485 e. The highest BCUT2D eigenvalue weighted by molar-refractivity contribution is 6.31. The van der Waals surface area contributed by atoms with E-state index >= 15 is 0 Å². The van der Waals surface area contributed by atoms with Gasteiger partial charge in [0, 0.05) is 10.6 Å². The van der Waals surface area contributed by atoms with Crippen LogP contribution in [-0.4, -0.2) is 12.4 Å². The molecule has 2 rings (SSSR count). The molecule has 0 atom stereocenters. The number of halogens is 1. The number of nitrogens with zero attached hydrogens (tertiary/aromatic N) is 1. The van der Waals surface area contributed by atoms with Gasteiger partial charge in [-0.1, -0.05) is 23.7 Å². The van der Waals surface area contributed by atoms with Crippen LogP contribution in [-0.2, 0) is 0 Å². The van der Waals surface area contributed by atoms with Crippen molar-refractivity contribution in [2.45, 2.75) is 13.8 Å². The maximum atomic E-state index is 12.1. The van der Waals surface area contributed by atoms with Crippen molar-refractivity contribution in [2.24, 2.45) is 0 Å². The van der Waals surface area contributed by atoms with Gasteiger partial charge in [0.1, 0.15) is 5.75 Å². The minimum absolute atomic E-state index is 0.0616. The average Bonchev–Trinajstić information content (AvgIpc) is 2.45. The van der Waals surface area contributed by atoms with Crippen LogP contribution in [0.5, 0.6) is 5.75 Å². The molecule has 0 aliphatic heterocycles. The largest absolute Gasteiger partial charge is 0.485 e. The Labute approximate surface area is 128 Å². The first kappa shape index (κ1) is 15.1. The lowest BCUT2D eigenvalue weighted by Crippen LogP contribution is -2.12. The summed E-state index contributed by atoms with van der Waals surface area (Å²) in [5, 5.41) is 9.43. The molecule has 0 amide bonds. The van der Waals surface area contributed by atoms with Gasteiger partial charge in [-0.25, -0.2) is 0 Å². The lowest BCUT2D eigenvalue weighted by atomic mass is 10.1. The summed E-state index contributed by atoms with van der Waals surface area (Å²) < 4.78 is 5.62. The van der Waals surface area contributed by atoms with E-state index in [1.54, 1.807) is 36.4 Å². The molecule has 2 aromatic rings. The zero-order valence-electron chi connectivity index (χ0n) is 11.8. The number of benzene rings is 2. The number of ketones is 1. The Kier molecular flexibility index (Phi) is 4.62. The molecular formula is C17H14ClNO2. The van der Waals surface area contributed by atoms with Crippen LogP contribution >= 0.6 is 11.6 Å². The Hall–Kier alpha value is -2.31. The SMILES string of the molecule is Cc1cc(C#N)cc(C)c1OCC(=O)c1cccc(Cl)c1. The van der Waals surface area contributed by atoms with E-state index in [9.17, 15) is 4.79 Å². The Morgan fingerprint density at radius 1 is 1.24 bits per heavy atom. The molecule has 3 nitrogen and oxygen atoms in total. The predicted molar refractivity (Wildman–Crippen MR) is 81.9 cm³/mol. The normalized spacial score (nSPS) is 10.0. The van der Waals surface area contributed by atoms with Gasteiger partial charge in [0.15, 0.2) is 12.4 Å². The number of ether oxygens (including phenoxy) is 1. The molecule has 0 spiro atoms. The molecule has 106 valence electrons. The van der Waals surface area contributed by atoms with Gasteiger partial charge in [0.2, 0.25) is 0 Å². The third kappa shape index (κ3) is 3.62. The molecule has 0 N–H and O–H groups in total. The van der Waals surface area contributed by atoms with Gasteiger partial charge in [-0.15, -0.1) is 0 Å². The van der Waals surface area contributed by atoms with Crippen LogP contribution in [0.15, 0.2) is 36.4 Å². The highest BCUT2D eigenvalue weighted by atomic mass is 35.5. The molecular weight excluding hydrogens is 286 g/mol. The molecule has 0 bridgehead atoms. The first-order chi connectivity index (χ1) is 10.0. The predicted octanol–water partition coefficient (Wildman–Crippen LogP) is 4.09. The highest BCUT2D eigenvalue weighted by Crippen LogP contribution is 2.24. The first-order valence-electron chi connectivity index (χ1n) is 6.44. The van der Waals surface area contributed by atoms with Crippen molar-refractivity contribution in [3.05, 3.63) is 63.7 Å². The smallest absolute Gasteiger partial charge is 0.200 e. The zero-order chi connectivity index (χ0) is 15.4. The van der Waals surface area contributed by atoms with Gasteiger partial charge >= 0.3 is 0 Å². The summed E-state index contributed by atoms with van der Waals surface area (Å²) in [7, 11) is 0. The number of carbonyl (C=O) groups excluding carboxylic acids is 1. The zero-order valence-corrected chi connectivity index (χ0v) is 12.6. The van der Waals surface area contributed by atoms with E-state index in [0.29, 0.717) is 21.9 Å². The molecule has 0 heterocycles. The lowest BCUT2D eigenvalue weighted by molar-refractivity contribution is 0.0920. The minimum atomic E-state index is -0.138. The summed E-state index contributed by atoms with van der Waals surface area (Å²) in [4.78, 5) is 12.1. The Balaban J connectivity index is 2.14. The Bertz CT molecular complexity index is 709. The van der Waals surface area contributed by atoms with Gasteiger partial charge < -0.3 is 4.74 Å². The van der Waals surface area contributed by atoms with E-state index in [-0.39, 0.29) is 12.4 Å². The summed E-state index contributed by atoms with van der Waals surface area (Å²) in [6.45, 7) is 3.65. The molecule has 4 heteroatoms. The van der Waals surface area contributed by atoms with Crippen molar-refractivity contribution in [3.8, 4) is 11.8 Å². The van der Waals surface area contributed by atoms with Crippen LogP contribution in [0.2, 0.25) is 5.02 Å². The topological polar surface area (TPSA) is 50.1 Å².